The molecule has 0 aliphatic heterocycles. The molecule has 0 fully saturated rings. The van der Waals surface area contributed by atoms with Crippen LogP contribution in [0.25, 0.3) is 0 Å². The van der Waals surface area contributed by atoms with E-state index >= 15 is 0 Å². The number of hydrogen-bond acceptors (Lipinski definition) is 6. The van der Waals surface area contributed by atoms with Gasteiger partial charge in [-0.25, -0.2) is 8.78 Å². The topological polar surface area (TPSA) is 87.1 Å². The predicted octanol–water partition coefficient (Wildman–Crippen LogP) is 3.18. The van der Waals surface area contributed by atoms with Crippen molar-refractivity contribution in [3.63, 3.8) is 0 Å². The van der Waals surface area contributed by atoms with Crippen LogP contribution in [0.4, 0.5) is 8.78 Å². The third kappa shape index (κ3) is 6.62. The molecule has 0 bridgehead atoms. The summed E-state index contributed by atoms with van der Waals surface area (Å²) in [7, 11) is 0. The molecule has 3 rings (SSSR count). The van der Waals surface area contributed by atoms with Gasteiger partial charge in [-0.3, -0.25) is 4.79 Å². The van der Waals surface area contributed by atoms with Crippen molar-refractivity contribution in [2.45, 2.75) is 45.4 Å². The normalized spacial score (nSPS) is 13.0. The quantitative estimate of drug-likeness (QED) is 0.433. The molecule has 1 amide bonds. The lowest BCUT2D eigenvalue weighted by molar-refractivity contribution is 0.0833. The van der Waals surface area contributed by atoms with Crippen molar-refractivity contribution < 1.29 is 18.7 Å². The SMILES string of the molecule is CCc1cccc(CNCC(O)C(Cc2cc(F)cc(F)c2)NC(=O)c2snnc2C)c1. The second-order valence-corrected chi connectivity index (χ2v) is 8.38. The molecule has 2 atom stereocenters. The van der Waals surface area contributed by atoms with Crippen LogP contribution in [0.3, 0.4) is 0 Å². The van der Waals surface area contributed by atoms with E-state index in [0.717, 1.165) is 29.6 Å². The number of nitrogens with one attached hydrogen (secondary N) is 2. The van der Waals surface area contributed by atoms with E-state index < -0.39 is 29.7 Å². The summed E-state index contributed by atoms with van der Waals surface area (Å²) in [6.45, 7) is 4.47. The molecule has 9 heteroatoms. The molecule has 0 radical (unpaired) electrons. The van der Waals surface area contributed by atoms with E-state index in [1.54, 1.807) is 6.92 Å². The minimum atomic E-state index is -0.999. The molecule has 0 saturated heterocycles. The van der Waals surface area contributed by atoms with Crippen molar-refractivity contribution in [1.29, 1.82) is 0 Å². The fourth-order valence-electron chi connectivity index (χ4n) is 3.41. The van der Waals surface area contributed by atoms with Gasteiger partial charge in [0.25, 0.3) is 5.91 Å². The van der Waals surface area contributed by atoms with Crippen molar-refractivity contribution in [1.82, 2.24) is 20.2 Å². The summed E-state index contributed by atoms with van der Waals surface area (Å²) in [5.74, 6) is -1.86. The van der Waals surface area contributed by atoms with E-state index in [1.165, 1.54) is 17.7 Å². The van der Waals surface area contributed by atoms with Crippen LogP contribution in [0, 0.1) is 18.6 Å². The highest BCUT2D eigenvalue weighted by molar-refractivity contribution is 7.08. The standard InChI is InChI=1S/C23H26F2N4O2S/c1-3-15-5-4-6-16(7-15)12-26-13-21(30)20(10-17-8-18(24)11-19(25)9-17)27-23(31)22-14(2)28-29-32-22/h4-9,11,20-21,26,30H,3,10,12-13H2,1-2H3,(H,27,31). The number of aryl methyl sites for hydroxylation is 2. The van der Waals surface area contributed by atoms with Crippen molar-refractivity contribution in [2.24, 2.45) is 0 Å². The smallest absolute Gasteiger partial charge is 0.265 e. The summed E-state index contributed by atoms with van der Waals surface area (Å²) in [4.78, 5) is 13.0. The lowest BCUT2D eigenvalue weighted by Gasteiger charge is -2.25. The Labute approximate surface area is 189 Å². The monoisotopic (exact) mass is 460 g/mol. The van der Waals surface area contributed by atoms with Gasteiger partial charge in [0.2, 0.25) is 0 Å². The Morgan fingerprint density at radius 1 is 1.12 bits per heavy atom. The second kappa shape index (κ2) is 11.2. The number of rotatable bonds is 10. The van der Waals surface area contributed by atoms with Crippen LogP contribution in [-0.2, 0) is 19.4 Å². The minimum absolute atomic E-state index is 0.0554. The van der Waals surface area contributed by atoms with Gasteiger partial charge in [0.15, 0.2) is 0 Å². The average molecular weight is 461 g/mol. The second-order valence-electron chi connectivity index (χ2n) is 7.62. The highest BCUT2D eigenvalue weighted by atomic mass is 32.1. The molecule has 170 valence electrons. The number of aliphatic hydroxyl groups excluding tert-OH is 1. The molecule has 0 aliphatic carbocycles. The summed E-state index contributed by atoms with van der Waals surface area (Å²) in [5.41, 5.74) is 3.11. The van der Waals surface area contributed by atoms with E-state index in [9.17, 15) is 18.7 Å². The molecule has 6 nitrogen and oxygen atoms in total. The zero-order valence-electron chi connectivity index (χ0n) is 17.9. The first-order chi connectivity index (χ1) is 15.4. The third-order valence-corrected chi connectivity index (χ3v) is 5.93. The summed E-state index contributed by atoms with van der Waals surface area (Å²) in [5, 5.41) is 20.6. The number of benzene rings is 2. The third-order valence-electron chi connectivity index (χ3n) is 5.10. The van der Waals surface area contributed by atoms with Crippen LogP contribution < -0.4 is 10.6 Å². The Morgan fingerprint density at radius 2 is 1.84 bits per heavy atom. The molecule has 3 N–H and O–H groups in total. The zero-order chi connectivity index (χ0) is 23.1. The van der Waals surface area contributed by atoms with Crippen molar-refractivity contribution in [2.75, 3.05) is 6.54 Å². The van der Waals surface area contributed by atoms with Gasteiger partial charge in [-0.2, -0.15) is 0 Å². The molecule has 2 unspecified atom stereocenters. The average Bonchev–Trinajstić information content (AvgIpc) is 3.18. The van der Waals surface area contributed by atoms with Gasteiger partial charge < -0.3 is 15.7 Å². The van der Waals surface area contributed by atoms with Crippen molar-refractivity contribution in [3.8, 4) is 0 Å². The van der Waals surface area contributed by atoms with Crippen molar-refractivity contribution in [3.05, 3.63) is 81.4 Å². The van der Waals surface area contributed by atoms with E-state index in [2.05, 4.69) is 39.3 Å². The van der Waals surface area contributed by atoms with Gasteiger partial charge in [0.05, 0.1) is 17.8 Å². The van der Waals surface area contributed by atoms with Gasteiger partial charge >= 0.3 is 0 Å². The van der Waals surface area contributed by atoms with Crippen LogP contribution in [-0.4, -0.2) is 39.3 Å². The van der Waals surface area contributed by atoms with Gasteiger partial charge in [-0.05, 0) is 60.1 Å². The number of nitrogens with zero attached hydrogens (tertiary/aromatic N) is 2. The number of hydrogen-bond donors (Lipinski definition) is 3. The van der Waals surface area contributed by atoms with E-state index in [-0.39, 0.29) is 13.0 Å². The van der Waals surface area contributed by atoms with Crippen LogP contribution in [0.1, 0.15) is 39.0 Å². The first kappa shape index (κ1) is 23.9. The molecule has 3 aromatic rings. The molecule has 2 aromatic carbocycles. The predicted molar refractivity (Wildman–Crippen MR) is 119 cm³/mol. The van der Waals surface area contributed by atoms with E-state index in [4.69, 9.17) is 0 Å². The highest BCUT2D eigenvalue weighted by Crippen LogP contribution is 2.14. The number of aliphatic hydroxyl groups is 1. The van der Waals surface area contributed by atoms with E-state index in [0.29, 0.717) is 22.7 Å². The van der Waals surface area contributed by atoms with Gasteiger partial charge in [0, 0.05) is 19.2 Å². The highest BCUT2D eigenvalue weighted by Gasteiger charge is 2.24. The molecular weight excluding hydrogens is 434 g/mol. The summed E-state index contributed by atoms with van der Waals surface area (Å²) >= 11 is 0.951. The molecule has 32 heavy (non-hydrogen) atoms. The fourth-order valence-corrected chi connectivity index (χ4v) is 3.97. The Hall–Kier alpha value is -2.75. The molecule has 1 aromatic heterocycles. The number of carbonyl (C=O) groups is 1. The molecule has 0 saturated carbocycles. The first-order valence-corrected chi connectivity index (χ1v) is 11.1. The molecule has 0 spiro atoms. The Bertz CT molecular complexity index is 1040. The number of aromatic nitrogens is 2. The number of carbonyl (C=O) groups excluding carboxylic acids is 1. The largest absolute Gasteiger partial charge is 0.390 e. The molecule has 0 aliphatic rings. The maximum absolute atomic E-state index is 13.7. The zero-order valence-corrected chi connectivity index (χ0v) is 18.8. The summed E-state index contributed by atoms with van der Waals surface area (Å²) in [6, 6.07) is 10.5. The van der Waals surface area contributed by atoms with E-state index in [1.807, 2.05) is 12.1 Å². The van der Waals surface area contributed by atoms with Gasteiger partial charge in [0.1, 0.15) is 16.5 Å². The van der Waals surface area contributed by atoms with Crippen LogP contribution in [0.15, 0.2) is 42.5 Å². The maximum Gasteiger partial charge on any atom is 0.265 e. The fraction of sp³-hybridized carbons (Fsp3) is 0.348. The van der Waals surface area contributed by atoms with Gasteiger partial charge in [-0.15, -0.1) is 5.10 Å². The summed E-state index contributed by atoms with van der Waals surface area (Å²) < 4.78 is 31.1. The maximum atomic E-state index is 13.7. The Morgan fingerprint density at radius 3 is 2.50 bits per heavy atom. The van der Waals surface area contributed by atoms with Crippen molar-refractivity contribution >= 4 is 17.4 Å². The number of halogens is 2. The van der Waals surface area contributed by atoms with Crippen LogP contribution in [0.2, 0.25) is 0 Å². The van der Waals surface area contributed by atoms with Crippen LogP contribution in [0.5, 0.6) is 0 Å². The minimum Gasteiger partial charge on any atom is -0.390 e. The summed E-state index contributed by atoms with van der Waals surface area (Å²) in [6.07, 6.45) is -0.0126. The Balaban J connectivity index is 1.69. The molecular formula is C23H26F2N4O2S. The lowest BCUT2D eigenvalue weighted by atomic mass is 10.00. The van der Waals surface area contributed by atoms with Gasteiger partial charge in [-0.1, -0.05) is 35.7 Å². The number of amides is 1. The lowest BCUT2D eigenvalue weighted by Crippen LogP contribution is -2.48. The molecule has 1 heterocycles. The Kier molecular flexibility index (Phi) is 8.38. The first-order valence-electron chi connectivity index (χ1n) is 10.4. The van der Waals surface area contributed by atoms with Crippen LogP contribution >= 0.6 is 11.5 Å².